The van der Waals surface area contributed by atoms with Crippen molar-refractivity contribution in [2.24, 2.45) is 0 Å². The first-order valence-electron chi connectivity index (χ1n) is 5.37. The molecule has 0 aliphatic rings. The molecule has 2 aromatic heterocycles. The Balaban J connectivity index is 2.38. The third kappa shape index (κ3) is 3.10. The van der Waals surface area contributed by atoms with Crippen LogP contribution in [0.25, 0.3) is 0 Å². The molecule has 0 radical (unpaired) electrons. The highest BCUT2D eigenvalue weighted by molar-refractivity contribution is 7.92. The number of nitrogens with zero attached hydrogens (tertiary/aromatic N) is 4. The van der Waals surface area contributed by atoms with Gasteiger partial charge in [0.2, 0.25) is 0 Å². The zero-order valence-corrected chi connectivity index (χ0v) is 11.1. The fourth-order valence-electron chi connectivity index (χ4n) is 1.36. The number of nitrogens with one attached hydrogen (secondary N) is 1. The van der Waals surface area contributed by atoms with Gasteiger partial charge in [-0.25, -0.2) is 28.2 Å². The summed E-state index contributed by atoms with van der Waals surface area (Å²) < 4.78 is 26.2. The summed E-state index contributed by atoms with van der Waals surface area (Å²) in [6.07, 6.45) is 3.27. The molecular formula is C11H7N5O4S. The minimum absolute atomic E-state index is 0.0553. The number of aromatic nitrogens is 3. The van der Waals surface area contributed by atoms with Crippen molar-refractivity contribution in [1.29, 1.82) is 5.26 Å². The number of hydrogen-bond acceptors (Lipinski definition) is 7. The molecule has 0 atom stereocenters. The Bertz CT molecular complexity index is 826. The predicted molar refractivity (Wildman–Crippen MR) is 68.8 cm³/mol. The van der Waals surface area contributed by atoms with Gasteiger partial charge in [-0.15, -0.1) is 0 Å². The fourth-order valence-corrected chi connectivity index (χ4v) is 2.32. The van der Waals surface area contributed by atoms with E-state index in [0.717, 1.165) is 18.6 Å². The van der Waals surface area contributed by atoms with Gasteiger partial charge in [0.1, 0.15) is 16.7 Å². The van der Waals surface area contributed by atoms with E-state index in [2.05, 4.69) is 15.0 Å². The lowest BCUT2D eigenvalue weighted by Gasteiger charge is -2.08. The van der Waals surface area contributed by atoms with E-state index in [4.69, 9.17) is 10.4 Å². The van der Waals surface area contributed by atoms with Gasteiger partial charge < -0.3 is 5.11 Å². The molecule has 2 N–H and O–H groups in total. The molecule has 0 aliphatic heterocycles. The molecular weight excluding hydrogens is 298 g/mol. The summed E-state index contributed by atoms with van der Waals surface area (Å²) in [5.74, 6) is -1.83. The Morgan fingerprint density at radius 3 is 2.52 bits per heavy atom. The van der Waals surface area contributed by atoms with E-state index in [1.807, 2.05) is 4.72 Å². The van der Waals surface area contributed by atoms with Crippen molar-refractivity contribution < 1.29 is 18.3 Å². The highest BCUT2D eigenvalue weighted by Crippen LogP contribution is 2.15. The first-order valence-corrected chi connectivity index (χ1v) is 6.85. The molecule has 0 saturated heterocycles. The maximum Gasteiger partial charge on any atom is 0.358 e. The lowest BCUT2D eigenvalue weighted by Crippen LogP contribution is -2.17. The van der Waals surface area contributed by atoms with Crippen LogP contribution in [0.2, 0.25) is 0 Å². The van der Waals surface area contributed by atoms with Gasteiger partial charge in [0.05, 0.1) is 0 Å². The number of carboxylic acids is 1. The largest absolute Gasteiger partial charge is 0.476 e. The number of anilines is 1. The van der Waals surface area contributed by atoms with Gasteiger partial charge in [-0.2, -0.15) is 5.26 Å². The number of aromatic carboxylic acids is 1. The van der Waals surface area contributed by atoms with Crippen molar-refractivity contribution in [3.8, 4) is 6.07 Å². The SMILES string of the molecule is N#Cc1ccc(S(=O)(=O)Nc2nccnc2C(=O)O)cn1. The Labute approximate surface area is 119 Å². The molecule has 0 saturated carbocycles. The van der Waals surface area contributed by atoms with Crippen molar-refractivity contribution in [2.75, 3.05) is 4.72 Å². The van der Waals surface area contributed by atoms with Gasteiger partial charge >= 0.3 is 5.97 Å². The lowest BCUT2D eigenvalue weighted by molar-refractivity contribution is 0.0691. The molecule has 2 heterocycles. The Kier molecular flexibility index (Phi) is 3.77. The van der Waals surface area contributed by atoms with Crippen molar-refractivity contribution in [3.05, 3.63) is 42.1 Å². The van der Waals surface area contributed by atoms with E-state index in [0.29, 0.717) is 0 Å². The first kappa shape index (κ1) is 14.4. The van der Waals surface area contributed by atoms with Crippen LogP contribution in [0.4, 0.5) is 5.82 Å². The third-order valence-electron chi connectivity index (χ3n) is 2.29. The minimum atomic E-state index is -4.08. The van der Waals surface area contributed by atoms with Gasteiger partial charge in [0.15, 0.2) is 11.5 Å². The third-order valence-corrected chi connectivity index (χ3v) is 3.62. The fraction of sp³-hybridized carbons (Fsp3) is 0. The summed E-state index contributed by atoms with van der Waals surface area (Å²) in [6.45, 7) is 0. The maximum absolute atomic E-state index is 12.1. The molecule has 0 spiro atoms. The molecule has 0 aromatic carbocycles. The van der Waals surface area contributed by atoms with Crippen LogP contribution in [-0.2, 0) is 10.0 Å². The standard InChI is InChI=1S/C11H7N5O4S/c12-5-7-1-2-8(6-15-7)21(19,20)16-10-9(11(17)18)13-3-4-14-10/h1-4,6H,(H,14,16)(H,17,18). The van der Waals surface area contributed by atoms with Crippen LogP contribution < -0.4 is 4.72 Å². The van der Waals surface area contributed by atoms with Crippen molar-refractivity contribution >= 4 is 21.8 Å². The second-order valence-electron chi connectivity index (χ2n) is 3.66. The summed E-state index contributed by atoms with van der Waals surface area (Å²) >= 11 is 0. The van der Waals surface area contributed by atoms with Crippen LogP contribution >= 0.6 is 0 Å². The van der Waals surface area contributed by atoms with Crippen LogP contribution in [0.15, 0.2) is 35.6 Å². The van der Waals surface area contributed by atoms with E-state index < -0.39 is 27.5 Å². The smallest absolute Gasteiger partial charge is 0.358 e. The normalized spacial score (nSPS) is 10.6. The number of carbonyl (C=O) groups is 1. The van der Waals surface area contributed by atoms with Crippen molar-refractivity contribution in [2.45, 2.75) is 4.90 Å². The van der Waals surface area contributed by atoms with Crippen LogP contribution in [-0.4, -0.2) is 34.4 Å². The van der Waals surface area contributed by atoms with Crippen LogP contribution in [0.3, 0.4) is 0 Å². The van der Waals surface area contributed by atoms with Crippen LogP contribution in [0.5, 0.6) is 0 Å². The van der Waals surface area contributed by atoms with E-state index in [1.54, 1.807) is 6.07 Å². The molecule has 0 unspecified atom stereocenters. The second-order valence-corrected chi connectivity index (χ2v) is 5.34. The zero-order valence-electron chi connectivity index (χ0n) is 10.3. The number of hydrogen-bond donors (Lipinski definition) is 2. The van der Waals surface area contributed by atoms with E-state index >= 15 is 0 Å². The lowest BCUT2D eigenvalue weighted by atomic mass is 10.4. The van der Waals surface area contributed by atoms with Crippen molar-refractivity contribution in [3.63, 3.8) is 0 Å². The molecule has 21 heavy (non-hydrogen) atoms. The molecule has 2 rings (SSSR count). The first-order chi connectivity index (χ1) is 9.94. The van der Waals surface area contributed by atoms with Gasteiger partial charge in [-0.3, -0.25) is 4.72 Å². The van der Waals surface area contributed by atoms with Crippen LogP contribution in [0.1, 0.15) is 16.2 Å². The average molecular weight is 305 g/mol. The van der Waals surface area contributed by atoms with Gasteiger partial charge in [-0.1, -0.05) is 0 Å². The second kappa shape index (κ2) is 5.51. The van der Waals surface area contributed by atoms with E-state index in [-0.39, 0.29) is 10.6 Å². The highest BCUT2D eigenvalue weighted by atomic mass is 32.2. The zero-order chi connectivity index (χ0) is 15.5. The number of carboxylic acid groups (broad SMARTS) is 1. The summed E-state index contributed by atoms with van der Waals surface area (Å²) in [6, 6.07) is 4.15. The molecule has 0 bridgehead atoms. The molecule has 106 valence electrons. The van der Waals surface area contributed by atoms with Gasteiger partial charge in [-0.05, 0) is 12.1 Å². The average Bonchev–Trinajstić information content (AvgIpc) is 2.47. The minimum Gasteiger partial charge on any atom is -0.476 e. The quantitative estimate of drug-likeness (QED) is 0.816. The van der Waals surface area contributed by atoms with E-state index in [9.17, 15) is 13.2 Å². The van der Waals surface area contributed by atoms with E-state index in [1.165, 1.54) is 12.1 Å². The number of pyridine rings is 1. The number of nitriles is 1. The summed E-state index contributed by atoms with van der Waals surface area (Å²) in [4.78, 5) is 21.5. The number of rotatable bonds is 4. The molecule has 0 aliphatic carbocycles. The molecule has 9 nitrogen and oxygen atoms in total. The molecule has 10 heteroatoms. The topological polar surface area (TPSA) is 146 Å². The molecule has 0 fully saturated rings. The summed E-state index contributed by atoms with van der Waals surface area (Å²) in [7, 11) is -4.08. The highest BCUT2D eigenvalue weighted by Gasteiger charge is 2.20. The Hall–Kier alpha value is -3.06. The van der Waals surface area contributed by atoms with Gasteiger partial charge in [0.25, 0.3) is 10.0 Å². The molecule has 2 aromatic rings. The maximum atomic E-state index is 12.1. The number of sulfonamides is 1. The predicted octanol–water partition coefficient (Wildman–Crippen LogP) is 0.242. The molecule has 0 amide bonds. The summed E-state index contributed by atoms with van der Waals surface area (Å²) in [5.41, 5.74) is -0.470. The van der Waals surface area contributed by atoms with Crippen molar-refractivity contribution in [1.82, 2.24) is 15.0 Å². The Morgan fingerprint density at radius 1 is 1.24 bits per heavy atom. The Morgan fingerprint density at radius 2 is 1.95 bits per heavy atom. The summed E-state index contributed by atoms with van der Waals surface area (Å²) in [5, 5.41) is 17.5. The van der Waals surface area contributed by atoms with Crippen LogP contribution in [0, 0.1) is 11.3 Å². The monoisotopic (exact) mass is 305 g/mol. The van der Waals surface area contributed by atoms with Gasteiger partial charge in [0, 0.05) is 18.6 Å².